The predicted molar refractivity (Wildman–Crippen MR) is 74.7 cm³/mol. The van der Waals surface area contributed by atoms with E-state index in [0.717, 1.165) is 6.26 Å². The number of hydrogen-bond donors (Lipinski definition) is 1. The molecule has 0 aromatic rings. The molecule has 2 rings (SSSR count). The van der Waals surface area contributed by atoms with Crippen LogP contribution in [-0.2, 0) is 19.6 Å². The smallest absolute Gasteiger partial charge is 0.327 e. The summed E-state index contributed by atoms with van der Waals surface area (Å²) in [6.07, 6.45) is 2.07. The molecule has 2 saturated heterocycles. The highest BCUT2D eigenvalue weighted by molar-refractivity contribution is 7.99. The quantitative estimate of drug-likeness (QED) is 0.763. The van der Waals surface area contributed by atoms with Crippen LogP contribution >= 0.6 is 11.8 Å². The van der Waals surface area contributed by atoms with Crippen LogP contribution in [0.5, 0.6) is 0 Å². The molecule has 0 radical (unpaired) electrons. The second-order valence-corrected chi connectivity index (χ2v) is 8.08. The molecule has 0 unspecified atom stereocenters. The first kappa shape index (κ1) is 15.6. The Hall–Kier alpha value is -0.800. The highest BCUT2D eigenvalue weighted by Gasteiger charge is 2.39. The summed E-state index contributed by atoms with van der Waals surface area (Å²) < 4.78 is 24.2. The van der Waals surface area contributed by atoms with Crippen molar-refractivity contribution in [2.24, 2.45) is 5.92 Å². The van der Waals surface area contributed by atoms with E-state index >= 15 is 0 Å². The molecular weight excluding hydrogens is 304 g/mol. The van der Waals surface area contributed by atoms with Crippen LogP contribution in [-0.4, -0.2) is 71.6 Å². The maximum atomic E-state index is 12.4. The van der Waals surface area contributed by atoms with E-state index in [1.807, 2.05) is 0 Å². The molecule has 20 heavy (non-hydrogen) atoms. The average molecular weight is 322 g/mol. The van der Waals surface area contributed by atoms with Crippen molar-refractivity contribution in [3.05, 3.63) is 0 Å². The van der Waals surface area contributed by atoms with Crippen LogP contribution in [0.15, 0.2) is 0 Å². The normalized spacial score (nSPS) is 25.9. The van der Waals surface area contributed by atoms with Gasteiger partial charge >= 0.3 is 5.97 Å². The van der Waals surface area contributed by atoms with Gasteiger partial charge in [-0.3, -0.25) is 4.79 Å². The minimum atomic E-state index is -3.21. The highest BCUT2D eigenvalue weighted by atomic mass is 32.2. The molecule has 0 saturated carbocycles. The maximum Gasteiger partial charge on any atom is 0.327 e. The number of nitrogens with zero attached hydrogens (tertiary/aromatic N) is 2. The first-order valence-electron chi connectivity index (χ1n) is 6.37. The van der Waals surface area contributed by atoms with E-state index in [1.54, 1.807) is 0 Å². The topological polar surface area (TPSA) is 95.0 Å². The molecule has 0 aromatic heterocycles. The SMILES string of the molecule is CS(=O)(=O)N1CCC(C(=O)N2CSC[C@H]2C(=O)O)CC1. The van der Waals surface area contributed by atoms with E-state index in [0.29, 0.717) is 37.6 Å². The Morgan fingerprint density at radius 3 is 2.35 bits per heavy atom. The molecule has 2 aliphatic heterocycles. The van der Waals surface area contributed by atoms with E-state index in [1.165, 1.54) is 21.0 Å². The van der Waals surface area contributed by atoms with Gasteiger partial charge in [0.2, 0.25) is 15.9 Å². The zero-order valence-corrected chi connectivity index (χ0v) is 12.8. The van der Waals surface area contributed by atoms with Crippen molar-refractivity contribution in [2.75, 3.05) is 31.0 Å². The number of sulfonamides is 1. The Bertz CT molecular complexity index is 499. The standard InChI is InChI=1S/C11H18N2O5S2/c1-20(17,18)12-4-2-8(3-5-12)10(14)13-7-19-6-9(13)11(15)16/h8-9H,2-7H2,1H3,(H,15,16)/t9-/m0/s1. The summed E-state index contributed by atoms with van der Waals surface area (Å²) in [4.78, 5) is 24.9. The van der Waals surface area contributed by atoms with Crippen molar-refractivity contribution in [3.63, 3.8) is 0 Å². The Kier molecular flexibility index (Phi) is 4.60. The summed E-state index contributed by atoms with van der Waals surface area (Å²) in [6, 6.07) is -0.750. The van der Waals surface area contributed by atoms with E-state index in [2.05, 4.69) is 0 Å². The van der Waals surface area contributed by atoms with Gasteiger partial charge in [0.1, 0.15) is 6.04 Å². The fraction of sp³-hybridized carbons (Fsp3) is 0.818. The molecule has 0 bridgehead atoms. The fourth-order valence-electron chi connectivity index (χ4n) is 2.53. The van der Waals surface area contributed by atoms with Gasteiger partial charge in [0.25, 0.3) is 0 Å². The van der Waals surface area contributed by atoms with Gasteiger partial charge in [0.05, 0.1) is 12.1 Å². The highest BCUT2D eigenvalue weighted by Crippen LogP contribution is 2.27. The van der Waals surface area contributed by atoms with Gasteiger partial charge in [0, 0.05) is 24.8 Å². The Morgan fingerprint density at radius 2 is 1.85 bits per heavy atom. The lowest BCUT2D eigenvalue weighted by atomic mass is 9.96. The molecule has 1 atom stereocenters. The number of thioether (sulfide) groups is 1. The van der Waals surface area contributed by atoms with Gasteiger partial charge in [-0.25, -0.2) is 17.5 Å². The molecule has 2 aliphatic rings. The fourth-order valence-corrected chi connectivity index (χ4v) is 4.56. The predicted octanol–water partition coefficient (Wildman–Crippen LogP) is -0.356. The summed E-state index contributed by atoms with van der Waals surface area (Å²) in [5, 5.41) is 9.08. The molecule has 0 spiro atoms. The lowest BCUT2D eigenvalue weighted by Gasteiger charge is -2.32. The average Bonchev–Trinajstić information content (AvgIpc) is 2.86. The summed E-state index contributed by atoms with van der Waals surface area (Å²) in [5.41, 5.74) is 0. The molecule has 1 N–H and O–H groups in total. The molecule has 0 aliphatic carbocycles. The first-order valence-corrected chi connectivity index (χ1v) is 9.37. The zero-order chi connectivity index (χ0) is 14.9. The second kappa shape index (κ2) is 5.90. The maximum absolute atomic E-state index is 12.4. The number of hydrogen-bond acceptors (Lipinski definition) is 5. The van der Waals surface area contributed by atoms with E-state index in [4.69, 9.17) is 5.11 Å². The van der Waals surface area contributed by atoms with Crippen LogP contribution in [0.25, 0.3) is 0 Å². The van der Waals surface area contributed by atoms with E-state index < -0.39 is 22.0 Å². The van der Waals surface area contributed by atoms with E-state index in [9.17, 15) is 18.0 Å². The summed E-state index contributed by atoms with van der Waals surface area (Å²) in [7, 11) is -3.21. The lowest BCUT2D eigenvalue weighted by molar-refractivity contribution is -0.149. The number of carbonyl (C=O) groups excluding carboxylic acids is 1. The lowest BCUT2D eigenvalue weighted by Crippen LogP contribution is -2.48. The molecule has 7 nitrogen and oxygen atoms in total. The third kappa shape index (κ3) is 3.26. The first-order chi connectivity index (χ1) is 9.30. The van der Waals surface area contributed by atoms with Gasteiger partial charge in [-0.2, -0.15) is 0 Å². The van der Waals surface area contributed by atoms with Crippen LogP contribution in [0.4, 0.5) is 0 Å². The van der Waals surface area contributed by atoms with Crippen LogP contribution < -0.4 is 0 Å². The molecule has 1 amide bonds. The van der Waals surface area contributed by atoms with Gasteiger partial charge in [-0.1, -0.05) is 0 Å². The molecule has 2 fully saturated rings. The third-order valence-electron chi connectivity index (χ3n) is 3.72. The molecule has 2 heterocycles. The summed E-state index contributed by atoms with van der Waals surface area (Å²) in [5.74, 6) is -0.577. The monoisotopic (exact) mass is 322 g/mol. The number of carbonyl (C=O) groups is 2. The van der Waals surface area contributed by atoms with Crippen molar-refractivity contribution in [1.29, 1.82) is 0 Å². The number of aliphatic carboxylic acids is 1. The zero-order valence-electron chi connectivity index (χ0n) is 11.2. The molecular formula is C11H18N2O5S2. The number of carboxylic acids is 1. The largest absolute Gasteiger partial charge is 0.480 e. The molecule has 0 aromatic carbocycles. The van der Waals surface area contributed by atoms with E-state index in [-0.39, 0.29) is 11.8 Å². The van der Waals surface area contributed by atoms with Gasteiger partial charge in [-0.05, 0) is 12.8 Å². The minimum Gasteiger partial charge on any atom is -0.480 e. The Labute approximate surface area is 122 Å². The van der Waals surface area contributed by atoms with Gasteiger partial charge < -0.3 is 10.0 Å². The van der Waals surface area contributed by atoms with Gasteiger partial charge in [0.15, 0.2) is 0 Å². The van der Waals surface area contributed by atoms with Crippen LogP contribution in [0, 0.1) is 5.92 Å². The number of amides is 1. The Morgan fingerprint density at radius 1 is 1.25 bits per heavy atom. The summed E-state index contributed by atoms with van der Waals surface area (Å²) in [6.45, 7) is 0.655. The van der Waals surface area contributed by atoms with Crippen molar-refractivity contribution in [2.45, 2.75) is 18.9 Å². The van der Waals surface area contributed by atoms with Crippen LogP contribution in [0.2, 0.25) is 0 Å². The second-order valence-electron chi connectivity index (χ2n) is 5.10. The van der Waals surface area contributed by atoms with Crippen molar-refractivity contribution >= 4 is 33.7 Å². The van der Waals surface area contributed by atoms with Crippen molar-refractivity contribution in [1.82, 2.24) is 9.21 Å². The van der Waals surface area contributed by atoms with Crippen LogP contribution in [0.1, 0.15) is 12.8 Å². The molecule has 9 heteroatoms. The summed E-state index contributed by atoms with van der Waals surface area (Å²) >= 11 is 1.43. The van der Waals surface area contributed by atoms with Gasteiger partial charge in [-0.15, -0.1) is 11.8 Å². The number of rotatable bonds is 3. The third-order valence-corrected chi connectivity index (χ3v) is 6.04. The van der Waals surface area contributed by atoms with Crippen molar-refractivity contribution in [3.8, 4) is 0 Å². The number of piperidine rings is 1. The molecule has 114 valence electrons. The Balaban J connectivity index is 1.97. The van der Waals surface area contributed by atoms with Crippen LogP contribution in [0.3, 0.4) is 0 Å². The number of carboxylic acid groups (broad SMARTS) is 1. The van der Waals surface area contributed by atoms with Crippen molar-refractivity contribution < 1.29 is 23.1 Å². The minimum absolute atomic E-state index is 0.157.